The maximum Gasteiger partial charge on any atom is 0.519 e. The molecule has 3 rings (SSSR count). The van der Waals surface area contributed by atoms with E-state index in [0.29, 0.717) is 11.4 Å². The highest BCUT2D eigenvalue weighted by Crippen LogP contribution is 2.35. The normalized spacial score (nSPS) is 13.3. The van der Waals surface area contributed by atoms with Crippen LogP contribution in [0.15, 0.2) is 48.8 Å². The van der Waals surface area contributed by atoms with Gasteiger partial charge >= 0.3 is 20.8 Å². The number of imidazole rings is 1. The highest BCUT2D eigenvalue weighted by atomic mass is 35.5. The quantitative estimate of drug-likeness (QED) is 0.140. The molecule has 3 aromatic rings. The average Bonchev–Trinajstić information content (AvgIpc) is 3.27. The minimum absolute atomic E-state index is 0.0129. The van der Waals surface area contributed by atoms with Crippen molar-refractivity contribution in [2.24, 2.45) is 0 Å². The molecule has 1 heterocycles. The van der Waals surface area contributed by atoms with Gasteiger partial charge in [-0.1, -0.05) is 91.8 Å². The zero-order valence-corrected chi connectivity index (χ0v) is 26.3. The fourth-order valence-corrected chi connectivity index (χ4v) is 6.45. The van der Waals surface area contributed by atoms with Crippen LogP contribution in [0.4, 0.5) is 13.2 Å². The first-order valence-corrected chi connectivity index (χ1v) is 15.5. The van der Waals surface area contributed by atoms with Crippen molar-refractivity contribution >= 4 is 43.9 Å². The minimum atomic E-state index is -6.15. The molecule has 5 nitrogen and oxygen atoms in total. The van der Waals surface area contributed by atoms with Gasteiger partial charge in [0.15, 0.2) is 5.72 Å². The lowest BCUT2D eigenvalue weighted by atomic mass is 9.89. The Balaban J connectivity index is 2.55. The summed E-state index contributed by atoms with van der Waals surface area (Å²) in [6, 6.07) is 11.5. The smallest absolute Gasteiger partial charge is 0.438 e. The van der Waals surface area contributed by atoms with E-state index >= 15 is 0 Å². The third-order valence-electron chi connectivity index (χ3n) is 6.86. The predicted octanol–water partition coefficient (Wildman–Crippen LogP) is 7.74. The molecule has 0 aliphatic carbocycles. The van der Waals surface area contributed by atoms with Crippen molar-refractivity contribution in [2.45, 2.75) is 84.6 Å². The predicted molar refractivity (Wildman–Crippen MR) is 157 cm³/mol. The molecular formula is C28H36BCl2F3N2O3S. The lowest BCUT2D eigenvalue weighted by Gasteiger charge is -2.29. The molecule has 1 aromatic heterocycles. The first-order valence-electron chi connectivity index (χ1n) is 13.2. The number of halogens is 5. The molecule has 0 unspecified atom stereocenters. The topological polar surface area (TPSA) is 52.2 Å². The molecule has 0 N–H and O–H groups in total. The van der Waals surface area contributed by atoms with Crippen LogP contribution in [-0.2, 0) is 14.2 Å². The van der Waals surface area contributed by atoms with Crippen LogP contribution in [0.3, 0.4) is 0 Å². The molecule has 0 fully saturated rings. The van der Waals surface area contributed by atoms with Crippen LogP contribution in [0.2, 0.25) is 0 Å². The van der Waals surface area contributed by atoms with Crippen LogP contribution < -0.4 is 10.3 Å². The van der Waals surface area contributed by atoms with Crippen molar-refractivity contribution in [3.63, 3.8) is 0 Å². The summed E-state index contributed by atoms with van der Waals surface area (Å²) in [5.41, 5.74) is -0.995. The molecule has 0 saturated carbocycles. The summed E-state index contributed by atoms with van der Waals surface area (Å²) >= 11 is 13.2. The van der Waals surface area contributed by atoms with E-state index < -0.39 is 20.8 Å². The number of alkyl halides is 3. The molecule has 40 heavy (non-hydrogen) atoms. The summed E-state index contributed by atoms with van der Waals surface area (Å²) in [5.74, 6) is 0.0517. The van der Waals surface area contributed by atoms with Gasteiger partial charge in [-0.15, -0.1) is 0 Å². The van der Waals surface area contributed by atoms with Gasteiger partial charge in [-0.25, -0.2) is 9.13 Å². The molecule has 2 aromatic carbocycles. The van der Waals surface area contributed by atoms with Gasteiger partial charge < -0.3 is 27.0 Å². The average molecular weight is 619 g/mol. The summed E-state index contributed by atoms with van der Waals surface area (Å²) in [6.07, 6.45) is 3.29. The van der Waals surface area contributed by atoms with Gasteiger partial charge in [-0.2, -0.15) is 21.6 Å². The molecular weight excluding hydrogens is 583 g/mol. The van der Waals surface area contributed by atoms with Crippen LogP contribution in [0.25, 0.3) is 11.4 Å². The Kier molecular flexibility index (Phi) is 9.51. The second-order valence-electron chi connectivity index (χ2n) is 11.2. The van der Waals surface area contributed by atoms with Crippen molar-refractivity contribution in [3.8, 4) is 11.4 Å². The summed E-state index contributed by atoms with van der Waals surface area (Å²) in [4.78, 5) is 0. The first kappa shape index (κ1) is 32.5. The minimum Gasteiger partial charge on any atom is -0.438 e. The van der Waals surface area contributed by atoms with E-state index in [1.165, 1.54) is 0 Å². The van der Waals surface area contributed by atoms with E-state index in [2.05, 4.69) is 4.10 Å². The van der Waals surface area contributed by atoms with Crippen LogP contribution in [0.5, 0.6) is 0 Å². The van der Waals surface area contributed by atoms with Crippen molar-refractivity contribution < 1.29 is 30.3 Å². The van der Waals surface area contributed by atoms with Gasteiger partial charge in [-0.3, -0.25) is 0 Å². The molecule has 0 bridgehead atoms. The Morgan fingerprint density at radius 1 is 0.800 bits per heavy atom. The Bertz CT molecular complexity index is 1350. The summed E-state index contributed by atoms with van der Waals surface area (Å²) < 4.78 is 72.8. The van der Waals surface area contributed by atoms with Gasteiger partial charge in [0.2, 0.25) is 0 Å². The van der Waals surface area contributed by atoms with Gasteiger partial charge in [0.05, 0.1) is 0 Å². The molecule has 0 radical (unpaired) electrons. The number of para-hydroxylation sites is 2. The lowest BCUT2D eigenvalue weighted by molar-refractivity contribution is -0.577. The monoisotopic (exact) mass is 618 g/mol. The Morgan fingerprint density at radius 3 is 1.57 bits per heavy atom. The van der Waals surface area contributed by atoms with Crippen LogP contribution >= 0.6 is 22.9 Å². The van der Waals surface area contributed by atoms with Crippen molar-refractivity contribution in [1.29, 1.82) is 0 Å². The van der Waals surface area contributed by atoms with Crippen LogP contribution in [-0.4, -0.2) is 23.7 Å². The summed E-state index contributed by atoms with van der Waals surface area (Å²) in [7, 11) is -6.15. The Labute approximate surface area is 245 Å². The number of aromatic nitrogens is 2. The second kappa shape index (κ2) is 11.7. The first-order chi connectivity index (χ1) is 18.3. The van der Waals surface area contributed by atoms with Crippen LogP contribution in [0, 0.1) is 0 Å². The highest BCUT2D eigenvalue weighted by molar-refractivity contribution is 7.90. The van der Waals surface area contributed by atoms with Crippen molar-refractivity contribution in [1.82, 2.24) is 4.57 Å². The standard InChI is InChI=1S/C28H36BCl2F3N2O3S/c1-17(2)21-11-9-12-22(18(3)4)25(21)35-15-16-36(26-23(19(5)6)13-10-14-24(26)20(7)8)27(35)29(30,31)39-40(37,38)28(32,33)34/h9-20H,1-8H3. The third-order valence-corrected chi connectivity index (χ3v) is 8.75. The lowest BCUT2D eigenvalue weighted by Crippen LogP contribution is -2.62. The van der Waals surface area contributed by atoms with Crippen molar-refractivity contribution in [2.75, 3.05) is 0 Å². The van der Waals surface area contributed by atoms with E-state index in [-0.39, 0.29) is 29.4 Å². The van der Waals surface area contributed by atoms with Crippen molar-refractivity contribution in [3.05, 3.63) is 71.0 Å². The fourth-order valence-electron chi connectivity index (χ4n) is 4.94. The zero-order valence-electron chi connectivity index (χ0n) is 23.9. The van der Waals surface area contributed by atoms with Gasteiger partial charge in [0.25, 0.3) is 0 Å². The van der Waals surface area contributed by atoms with E-state index in [0.717, 1.165) is 22.3 Å². The summed E-state index contributed by atoms with van der Waals surface area (Å²) in [6.45, 7) is 16.0. The summed E-state index contributed by atoms with van der Waals surface area (Å²) in [5, 5.41) is -3.83. The number of hydrogen-bond acceptors (Lipinski definition) is 3. The molecule has 0 atom stereocenters. The van der Waals surface area contributed by atoms with Crippen LogP contribution in [0.1, 0.15) is 101 Å². The second-order valence-corrected chi connectivity index (χ2v) is 14.2. The Hall–Kier alpha value is -2.01. The molecule has 0 amide bonds. The zero-order chi connectivity index (χ0) is 30.4. The molecule has 12 heteroatoms. The van der Waals surface area contributed by atoms with E-state index in [1.54, 1.807) is 21.5 Å². The van der Waals surface area contributed by atoms with E-state index in [4.69, 9.17) is 22.9 Å². The number of nitrogens with zero attached hydrogens (tertiary/aromatic N) is 2. The third kappa shape index (κ3) is 6.25. The van der Waals surface area contributed by atoms with Gasteiger partial charge in [0.1, 0.15) is 23.8 Å². The fraction of sp³-hybridized carbons (Fsp3) is 0.464. The molecule has 0 spiro atoms. The SMILES string of the molecule is CC(C)c1cccc(C(C)C)c1-n1cc[n+](-c2c(C(C)C)cccc2C(C)C)c1[B-](Cl)(Cl)OS(=O)(=O)C(F)(F)F. The van der Waals surface area contributed by atoms with E-state index in [1.807, 2.05) is 91.8 Å². The largest absolute Gasteiger partial charge is 0.519 e. The molecule has 0 saturated heterocycles. The Morgan fingerprint density at radius 2 is 1.20 bits per heavy atom. The van der Waals surface area contributed by atoms with E-state index in [9.17, 15) is 21.6 Å². The maximum absolute atomic E-state index is 13.5. The van der Waals surface area contributed by atoms with Gasteiger partial charge in [-0.05, 0) is 23.7 Å². The number of hydrogen-bond donors (Lipinski definition) is 0. The molecule has 220 valence electrons. The molecule has 0 aliphatic rings. The van der Waals surface area contributed by atoms with Gasteiger partial charge in [0, 0.05) is 22.3 Å². The number of benzene rings is 2. The molecule has 0 aliphatic heterocycles. The number of rotatable bonds is 9. The highest BCUT2D eigenvalue weighted by Gasteiger charge is 2.52. The maximum atomic E-state index is 13.5.